The summed E-state index contributed by atoms with van der Waals surface area (Å²) in [6, 6.07) is 8.00. The van der Waals surface area contributed by atoms with Gasteiger partial charge >= 0.3 is 0 Å². The molecule has 0 bridgehead atoms. The Morgan fingerprint density at radius 2 is 1.75 bits per heavy atom. The van der Waals surface area contributed by atoms with Crippen molar-refractivity contribution >= 4 is 0 Å². The third-order valence-electron chi connectivity index (χ3n) is 2.20. The van der Waals surface area contributed by atoms with E-state index in [1.165, 1.54) is 5.56 Å². The van der Waals surface area contributed by atoms with Gasteiger partial charge in [0.05, 0.1) is 0 Å². The Hall–Kier alpha value is -1.76. The largest absolute Gasteiger partial charge is 0.458 e. The molecular formula is C19H30O. The van der Waals surface area contributed by atoms with Gasteiger partial charge in [-0.05, 0) is 56.2 Å². The second kappa shape index (κ2) is 13.7. The van der Waals surface area contributed by atoms with Crippen LogP contribution in [0.1, 0.15) is 47.1 Å². The van der Waals surface area contributed by atoms with Gasteiger partial charge in [0.15, 0.2) is 0 Å². The smallest absolute Gasteiger partial charge is 0.127 e. The van der Waals surface area contributed by atoms with Gasteiger partial charge in [-0.25, -0.2) is 0 Å². The first-order chi connectivity index (χ1) is 9.65. The quantitative estimate of drug-likeness (QED) is 0.452. The average Bonchev–Trinajstić information content (AvgIpc) is 2.50. The van der Waals surface area contributed by atoms with Crippen LogP contribution < -0.4 is 4.74 Å². The first-order valence-corrected chi connectivity index (χ1v) is 7.37. The van der Waals surface area contributed by atoms with Gasteiger partial charge in [-0.1, -0.05) is 52.5 Å². The van der Waals surface area contributed by atoms with Gasteiger partial charge in [0.25, 0.3) is 0 Å². The van der Waals surface area contributed by atoms with Crippen LogP contribution in [0.3, 0.4) is 0 Å². The molecule has 1 heteroatoms. The molecule has 0 unspecified atom stereocenters. The maximum absolute atomic E-state index is 5.75. The van der Waals surface area contributed by atoms with Crippen molar-refractivity contribution in [3.63, 3.8) is 0 Å². The molecule has 112 valence electrons. The molecule has 0 aliphatic rings. The monoisotopic (exact) mass is 274 g/mol. The molecule has 0 atom stereocenters. The number of allylic oxidation sites excluding steroid dienone is 4. The summed E-state index contributed by atoms with van der Waals surface area (Å²) in [5.74, 6) is 1.70. The van der Waals surface area contributed by atoms with Gasteiger partial charge in [0.2, 0.25) is 0 Å². The topological polar surface area (TPSA) is 9.23 Å². The van der Waals surface area contributed by atoms with E-state index in [1.54, 1.807) is 0 Å². The van der Waals surface area contributed by atoms with Crippen molar-refractivity contribution in [2.45, 2.75) is 48.5 Å². The Balaban J connectivity index is 0. The number of aryl methyl sites for hydroxylation is 1. The van der Waals surface area contributed by atoms with Crippen LogP contribution in [0.5, 0.6) is 5.75 Å². The molecule has 0 amide bonds. The van der Waals surface area contributed by atoms with E-state index in [2.05, 4.69) is 6.58 Å². The molecule has 0 aromatic heterocycles. The number of benzene rings is 1. The fourth-order valence-electron chi connectivity index (χ4n) is 1.27. The summed E-state index contributed by atoms with van der Waals surface area (Å²) in [5.41, 5.74) is 2.28. The third kappa shape index (κ3) is 9.21. The van der Waals surface area contributed by atoms with E-state index in [-0.39, 0.29) is 0 Å². The molecule has 0 saturated carbocycles. The molecule has 0 radical (unpaired) electrons. The van der Waals surface area contributed by atoms with E-state index in [4.69, 9.17) is 4.74 Å². The minimum Gasteiger partial charge on any atom is -0.458 e. The first kappa shape index (κ1) is 20.6. The molecule has 0 N–H and O–H groups in total. The zero-order valence-corrected chi connectivity index (χ0v) is 14.2. The van der Waals surface area contributed by atoms with E-state index in [9.17, 15) is 0 Å². The maximum Gasteiger partial charge on any atom is 0.127 e. The lowest BCUT2D eigenvalue weighted by Gasteiger charge is -2.07. The van der Waals surface area contributed by atoms with Crippen LogP contribution in [0.2, 0.25) is 0 Å². The standard InChI is InChI=1S/C15H18O.2C2H6/c1-5-12(3)10-14(6-2)16-15-9-7-8-13(4)11-15;2*1-2/h5-11H,1H2,2-4H3;2*1-2H3/b12-10-,14-6+;;. The molecule has 0 aliphatic carbocycles. The summed E-state index contributed by atoms with van der Waals surface area (Å²) >= 11 is 0. The second-order valence-corrected chi connectivity index (χ2v) is 3.70. The number of rotatable bonds is 4. The van der Waals surface area contributed by atoms with Gasteiger partial charge in [-0.3, -0.25) is 0 Å². The van der Waals surface area contributed by atoms with Crippen molar-refractivity contribution in [1.29, 1.82) is 0 Å². The van der Waals surface area contributed by atoms with E-state index in [1.807, 2.05) is 91.0 Å². The van der Waals surface area contributed by atoms with Gasteiger partial charge < -0.3 is 4.74 Å². The Morgan fingerprint density at radius 3 is 2.20 bits per heavy atom. The van der Waals surface area contributed by atoms with E-state index < -0.39 is 0 Å². The molecule has 0 saturated heterocycles. The van der Waals surface area contributed by atoms with Crippen molar-refractivity contribution in [3.8, 4) is 5.75 Å². The van der Waals surface area contributed by atoms with Crippen LogP contribution in [0.25, 0.3) is 0 Å². The molecule has 1 rings (SSSR count). The summed E-state index contributed by atoms with van der Waals surface area (Å²) in [6.45, 7) is 17.7. The van der Waals surface area contributed by atoms with Crippen molar-refractivity contribution < 1.29 is 4.74 Å². The average molecular weight is 274 g/mol. The summed E-state index contributed by atoms with van der Waals surface area (Å²) < 4.78 is 5.75. The molecular weight excluding hydrogens is 244 g/mol. The lowest BCUT2D eigenvalue weighted by molar-refractivity contribution is 0.442. The van der Waals surface area contributed by atoms with Crippen molar-refractivity contribution in [1.82, 2.24) is 0 Å². The zero-order valence-electron chi connectivity index (χ0n) is 14.2. The third-order valence-corrected chi connectivity index (χ3v) is 2.20. The van der Waals surface area contributed by atoms with Crippen LogP contribution >= 0.6 is 0 Å². The highest BCUT2D eigenvalue weighted by Crippen LogP contribution is 2.17. The SMILES string of the molecule is C=C/C(C)=C\C(=C/C)Oc1cccc(C)c1.CC.CC. The first-order valence-electron chi connectivity index (χ1n) is 7.37. The van der Waals surface area contributed by atoms with Crippen LogP contribution in [0, 0.1) is 6.92 Å². The summed E-state index contributed by atoms with van der Waals surface area (Å²) in [6.07, 6.45) is 5.72. The van der Waals surface area contributed by atoms with E-state index in [0.29, 0.717) is 0 Å². The fraction of sp³-hybridized carbons (Fsp3) is 0.368. The second-order valence-electron chi connectivity index (χ2n) is 3.70. The normalized spacial score (nSPS) is 10.6. The predicted molar refractivity (Wildman–Crippen MR) is 92.2 cm³/mol. The Kier molecular flexibility index (Phi) is 14.0. The lowest BCUT2D eigenvalue weighted by Crippen LogP contribution is -1.92. The van der Waals surface area contributed by atoms with E-state index >= 15 is 0 Å². The van der Waals surface area contributed by atoms with Gasteiger partial charge in [-0.15, -0.1) is 0 Å². The molecule has 0 heterocycles. The highest BCUT2D eigenvalue weighted by Gasteiger charge is 1.97. The van der Waals surface area contributed by atoms with Crippen molar-refractivity contribution in [2.75, 3.05) is 0 Å². The molecule has 0 aliphatic heterocycles. The number of hydrogen-bond acceptors (Lipinski definition) is 1. The van der Waals surface area contributed by atoms with Crippen molar-refractivity contribution in [3.05, 3.63) is 66.0 Å². The molecule has 1 nitrogen and oxygen atoms in total. The Labute approximate surface area is 125 Å². The molecule has 1 aromatic carbocycles. The zero-order chi connectivity index (χ0) is 16.0. The minimum absolute atomic E-state index is 0.836. The molecule has 1 aromatic rings. The Bertz CT molecular complexity index is 425. The summed E-state index contributed by atoms with van der Waals surface area (Å²) in [7, 11) is 0. The van der Waals surface area contributed by atoms with Gasteiger partial charge in [0.1, 0.15) is 11.5 Å². The van der Waals surface area contributed by atoms with Crippen LogP contribution in [0.4, 0.5) is 0 Å². The van der Waals surface area contributed by atoms with E-state index in [0.717, 1.165) is 17.1 Å². The lowest BCUT2D eigenvalue weighted by atomic mass is 10.2. The van der Waals surface area contributed by atoms with Crippen LogP contribution in [0.15, 0.2) is 60.4 Å². The van der Waals surface area contributed by atoms with Crippen LogP contribution in [-0.4, -0.2) is 0 Å². The Morgan fingerprint density at radius 1 is 1.15 bits per heavy atom. The summed E-state index contributed by atoms with van der Waals surface area (Å²) in [5, 5.41) is 0. The summed E-state index contributed by atoms with van der Waals surface area (Å²) in [4.78, 5) is 0. The number of hydrogen-bond donors (Lipinski definition) is 0. The fourth-order valence-corrected chi connectivity index (χ4v) is 1.27. The molecule has 20 heavy (non-hydrogen) atoms. The molecule has 0 fully saturated rings. The van der Waals surface area contributed by atoms with Gasteiger partial charge in [0, 0.05) is 0 Å². The van der Waals surface area contributed by atoms with Crippen molar-refractivity contribution in [2.24, 2.45) is 0 Å². The number of ether oxygens (including phenoxy) is 1. The van der Waals surface area contributed by atoms with Crippen LogP contribution in [-0.2, 0) is 0 Å². The molecule has 0 spiro atoms. The predicted octanol–water partition coefficient (Wildman–Crippen LogP) is 6.46. The van der Waals surface area contributed by atoms with Gasteiger partial charge in [-0.2, -0.15) is 0 Å². The highest BCUT2D eigenvalue weighted by atomic mass is 16.5. The minimum atomic E-state index is 0.836. The maximum atomic E-state index is 5.75. The highest BCUT2D eigenvalue weighted by molar-refractivity contribution is 5.32.